The first-order valence-electron chi connectivity index (χ1n) is 10.4. The van der Waals surface area contributed by atoms with Crippen molar-refractivity contribution in [2.75, 3.05) is 6.54 Å². The number of rotatable bonds is 9. The molecule has 1 aromatic heterocycles. The van der Waals surface area contributed by atoms with Gasteiger partial charge in [-0.3, -0.25) is 0 Å². The molecule has 0 aliphatic heterocycles. The number of nitrogens with one attached hydrogen (secondary N) is 1. The van der Waals surface area contributed by atoms with Gasteiger partial charge in [-0.1, -0.05) is 49.7 Å². The minimum Gasteiger partial charge on any atom is -0.342 e. The summed E-state index contributed by atoms with van der Waals surface area (Å²) < 4.78 is 30.7. The van der Waals surface area contributed by atoms with Gasteiger partial charge in [-0.25, -0.2) is 8.78 Å². The Labute approximate surface area is 172 Å². The van der Waals surface area contributed by atoms with E-state index >= 15 is 0 Å². The zero-order chi connectivity index (χ0) is 20.8. The monoisotopic (exact) mass is 397 g/mol. The van der Waals surface area contributed by atoms with Gasteiger partial charge in [0.1, 0.15) is 24.7 Å². The van der Waals surface area contributed by atoms with Crippen molar-refractivity contribution >= 4 is 0 Å². The average molecular weight is 398 g/mol. The third-order valence-electron chi connectivity index (χ3n) is 5.35. The number of nitrogens with zero attached hydrogens (tertiary/aromatic N) is 1. The predicted octanol–water partition coefficient (Wildman–Crippen LogP) is 4.75. The molecule has 0 spiro atoms. The van der Waals surface area contributed by atoms with Crippen molar-refractivity contribution in [1.29, 1.82) is 0 Å². The number of hydrogen-bond donors (Lipinski definition) is 1. The van der Waals surface area contributed by atoms with E-state index in [-0.39, 0.29) is 5.56 Å². The lowest BCUT2D eigenvalue weighted by Crippen LogP contribution is -3.09. The molecule has 0 saturated heterocycles. The predicted molar refractivity (Wildman–Crippen MR) is 114 cm³/mol. The molecule has 0 bridgehead atoms. The van der Waals surface area contributed by atoms with Gasteiger partial charge in [-0.2, -0.15) is 0 Å². The van der Waals surface area contributed by atoms with Gasteiger partial charge >= 0.3 is 0 Å². The van der Waals surface area contributed by atoms with E-state index in [0.29, 0.717) is 12.5 Å². The summed E-state index contributed by atoms with van der Waals surface area (Å²) in [5, 5.41) is 0. The molecule has 3 rings (SSSR count). The molecule has 4 heteroatoms. The molecule has 2 aromatic carbocycles. The van der Waals surface area contributed by atoms with Crippen LogP contribution in [0.5, 0.6) is 0 Å². The molecule has 2 nitrogen and oxygen atoms in total. The van der Waals surface area contributed by atoms with E-state index < -0.39 is 11.6 Å². The van der Waals surface area contributed by atoms with Crippen molar-refractivity contribution in [2.24, 2.45) is 5.92 Å². The van der Waals surface area contributed by atoms with Gasteiger partial charge in [0.2, 0.25) is 0 Å². The van der Waals surface area contributed by atoms with E-state index in [1.54, 1.807) is 0 Å². The molecular weight excluding hydrogens is 366 g/mol. The van der Waals surface area contributed by atoms with Crippen molar-refractivity contribution in [2.45, 2.75) is 46.8 Å². The van der Waals surface area contributed by atoms with Crippen molar-refractivity contribution in [3.63, 3.8) is 0 Å². The Morgan fingerprint density at radius 3 is 2.34 bits per heavy atom. The zero-order valence-corrected chi connectivity index (χ0v) is 17.6. The first-order valence-corrected chi connectivity index (χ1v) is 10.4. The fourth-order valence-corrected chi connectivity index (χ4v) is 3.71. The minimum absolute atomic E-state index is 0.183. The Bertz CT molecular complexity index is 910. The lowest BCUT2D eigenvalue weighted by Gasteiger charge is -2.22. The number of aryl methyl sites for hydroxylation is 1. The van der Waals surface area contributed by atoms with Gasteiger partial charge in [0.05, 0.1) is 17.8 Å². The van der Waals surface area contributed by atoms with Gasteiger partial charge in [-0.15, -0.1) is 0 Å². The molecule has 0 saturated carbocycles. The molecule has 1 atom stereocenters. The first-order chi connectivity index (χ1) is 13.9. The maximum atomic E-state index is 14.2. The standard InChI is InChI=1S/C25H30F2N2/c1-19(2)12-14-28(18-23-24(26)10-5-11-25(23)27)17-22-9-6-13-29(22)16-21-8-4-7-20(3)15-21/h4-11,13,15,19H,12,14,16-18H2,1-3H3/p+1. The van der Waals surface area contributed by atoms with Crippen LogP contribution in [0.1, 0.15) is 42.7 Å². The van der Waals surface area contributed by atoms with Crippen molar-refractivity contribution in [3.05, 3.63) is 94.8 Å². The lowest BCUT2D eigenvalue weighted by atomic mass is 10.1. The van der Waals surface area contributed by atoms with Crippen LogP contribution in [0, 0.1) is 24.5 Å². The van der Waals surface area contributed by atoms with Gasteiger partial charge in [0.25, 0.3) is 0 Å². The second-order valence-electron chi connectivity index (χ2n) is 8.35. The number of benzene rings is 2. The molecule has 0 fully saturated rings. The largest absolute Gasteiger partial charge is 0.342 e. The van der Waals surface area contributed by atoms with E-state index in [1.165, 1.54) is 39.9 Å². The number of hydrogen-bond acceptors (Lipinski definition) is 0. The Hall–Kier alpha value is -2.46. The van der Waals surface area contributed by atoms with Crippen LogP contribution in [0.3, 0.4) is 0 Å². The fourth-order valence-electron chi connectivity index (χ4n) is 3.71. The van der Waals surface area contributed by atoms with Crippen LogP contribution in [0.2, 0.25) is 0 Å². The molecule has 1 heterocycles. The summed E-state index contributed by atoms with van der Waals surface area (Å²) in [4.78, 5) is 1.17. The van der Waals surface area contributed by atoms with Gasteiger partial charge in [0.15, 0.2) is 0 Å². The maximum Gasteiger partial charge on any atom is 0.135 e. The van der Waals surface area contributed by atoms with Crippen LogP contribution >= 0.6 is 0 Å². The number of quaternary nitrogens is 1. The van der Waals surface area contributed by atoms with Crippen LogP contribution in [-0.2, 0) is 19.6 Å². The van der Waals surface area contributed by atoms with Crippen LogP contribution in [-0.4, -0.2) is 11.1 Å². The molecule has 0 radical (unpaired) electrons. The molecule has 0 aliphatic carbocycles. The van der Waals surface area contributed by atoms with Crippen LogP contribution < -0.4 is 4.90 Å². The van der Waals surface area contributed by atoms with Crippen LogP contribution in [0.25, 0.3) is 0 Å². The molecule has 29 heavy (non-hydrogen) atoms. The molecule has 0 aliphatic rings. The highest BCUT2D eigenvalue weighted by Gasteiger charge is 2.19. The van der Waals surface area contributed by atoms with Gasteiger partial charge in [0, 0.05) is 12.7 Å². The summed E-state index contributed by atoms with van der Waals surface area (Å²) in [6, 6.07) is 16.8. The third kappa shape index (κ3) is 6.01. The smallest absolute Gasteiger partial charge is 0.135 e. The molecule has 154 valence electrons. The minimum atomic E-state index is -0.456. The summed E-state index contributed by atoms with van der Waals surface area (Å²) in [5.74, 6) is -0.362. The summed E-state index contributed by atoms with van der Waals surface area (Å²) in [6.07, 6.45) is 3.10. The maximum absolute atomic E-state index is 14.2. The zero-order valence-electron chi connectivity index (χ0n) is 17.6. The average Bonchev–Trinajstić information content (AvgIpc) is 3.09. The van der Waals surface area contributed by atoms with E-state index in [1.807, 2.05) is 0 Å². The number of aromatic nitrogens is 1. The van der Waals surface area contributed by atoms with Gasteiger partial charge in [-0.05, 0) is 49.1 Å². The van der Waals surface area contributed by atoms with E-state index in [9.17, 15) is 8.78 Å². The summed E-state index contributed by atoms with van der Waals surface area (Å²) >= 11 is 0. The van der Waals surface area contributed by atoms with Crippen LogP contribution in [0.4, 0.5) is 8.78 Å². The van der Waals surface area contributed by atoms with E-state index in [2.05, 4.69) is 67.9 Å². The topological polar surface area (TPSA) is 9.37 Å². The Balaban J connectivity index is 1.78. The summed E-state index contributed by atoms with van der Waals surface area (Å²) in [5.41, 5.74) is 3.87. The molecule has 1 unspecified atom stereocenters. The highest BCUT2D eigenvalue weighted by molar-refractivity contribution is 5.23. The first kappa shape index (κ1) is 21.3. The SMILES string of the molecule is Cc1cccc(Cn2cccc2C[NH+](CCC(C)C)Cc2c(F)cccc2F)c1. The Morgan fingerprint density at radius 1 is 0.931 bits per heavy atom. The second kappa shape index (κ2) is 9.84. The molecule has 0 amide bonds. The van der Waals surface area contributed by atoms with E-state index in [0.717, 1.165) is 26.1 Å². The van der Waals surface area contributed by atoms with E-state index in [4.69, 9.17) is 0 Å². The molecule has 3 aromatic rings. The highest BCUT2D eigenvalue weighted by atomic mass is 19.1. The summed E-state index contributed by atoms with van der Waals surface area (Å²) in [6.45, 7) is 9.22. The van der Waals surface area contributed by atoms with Crippen molar-refractivity contribution in [1.82, 2.24) is 4.57 Å². The van der Waals surface area contributed by atoms with Crippen LogP contribution in [0.15, 0.2) is 60.8 Å². The summed E-state index contributed by atoms with van der Waals surface area (Å²) in [7, 11) is 0. The fraction of sp³-hybridized carbons (Fsp3) is 0.360. The van der Waals surface area contributed by atoms with Crippen molar-refractivity contribution in [3.8, 4) is 0 Å². The molecule has 1 N–H and O–H groups in total. The normalized spacial score (nSPS) is 12.5. The second-order valence-corrected chi connectivity index (χ2v) is 8.35. The Kier molecular flexibility index (Phi) is 7.21. The third-order valence-corrected chi connectivity index (χ3v) is 5.35. The van der Waals surface area contributed by atoms with Crippen molar-refractivity contribution < 1.29 is 13.7 Å². The lowest BCUT2D eigenvalue weighted by molar-refractivity contribution is -0.928. The van der Waals surface area contributed by atoms with Gasteiger partial charge < -0.3 is 9.47 Å². The Morgan fingerprint density at radius 2 is 1.66 bits per heavy atom. The number of halogens is 2. The molecular formula is C25H31F2N2+. The quantitative estimate of drug-likeness (QED) is 0.534. The highest BCUT2D eigenvalue weighted by Crippen LogP contribution is 2.12.